The number of aromatic nitrogens is 2. The highest BCUT2D eigenvalue weighted by Gasteiger charge is 2.22. The van der Waals surface area contributed by atoms with Crippen LogP contribution in [0.15, 0.2) is 12.2 Å². The fraction of sp³-hybridized carbons (Fsp3) is 0.625. The van der Waals surface area contributed by atoms with Gasteiger partial charge in [0.25, 0.3) is 0 Å². The molecule has 0 aliphatic carbocycles. The van der Waals surface area contributed by atoms with Gasteiger partial charge in [-0.1, -0.05) is 12.2 Å². The van der Waals surface area contributed by atoms with E-state index < -0.39 is 0 Å². The lowest BCUT2D eigenvalue weighted by molar-refractivity contribution is -0.133. The predicted octanol–water partition coefficient (Wildman–Crippen LogP) is 1.53. The third kappa shape index (κ3) is 3.73. The van der Waals surface area contributed by atoms with E-state index in [0.717, 1.165) is 44.1 Å². The average molecular weight is 290 g/mol. The summed E-state index contributed by atoms with van der Waals surface area (Å²) in [6, 6.07) is 0. The zero-order valence-corrected chi connectivity index (χ0v) is 13.6. The minimum Gasteiger partial charge on any atom is -0.339 e. The van der Waals surface area contributed by atoms with Crippen LogP contribution in [0.4, 0.5) is 0 Å². The van der Waals surface area contributed by atoms with Crippen molar-refractivity contribution in [3.8, 4) is 0 Å². The molecule has 0 bridgehead atoms. The van der Waals surface area contributed by atoms with Crippen LogP contribution in [0.2, 0.25) is 0 Å². The van der Waals surface area contributed by atoms with Crippen LogP contribution in [0, 0.1) is 20.8 Å². The number of carbonyl (C=O) groups excluding carboxylic acids is 1. The number of nitrogens with zero attached hydrogens (tertiary/aromatic N) is 4. The van der Waals surface area contributed by atoms with Gasteiger partial charge in [0.15, 0.2) is 0 Å². The molecule has 1 aromatic heterocycles. The lowest BCUT2D eigenvalue weighted by Crippen LogP contribution is -2.49. The van der Waals surface area contributed by atoms with Crippen LogP contribution in [-0.2, 0) is 11.3 Å². The van der Waals surface area contributed by atoms with E-state index in [1.807, 2.05) is 30.4 Å². The van der Waals surface area contributed by atoms with E-state index in [1.54, 1.807) is 0 Å². The second-order valence-corrected chi connectivity index (χ2v) is 6.07. The minimum atomic E-state index is 0.163. The van der Waals surface area contributed by atoms with E-state index in [9.17, 15) is 4.79 Å². The zero-order valence-electron chi connectivity index (χ0n) is 13.6. The van der Waals surface area contributed by atoms with Crippen molar-refractivity contribution in [2.45, 2.75) is 34.2 Å². The molecule has 2 rings (SSSR count). The zero-order chi connectivity index (χ0) is 15.6. The lowest BCUT2D eigenvalue weighted by atomic mass is 10.2. The highest BCUT2D eigenvalue weighted by Crippen LogP contribution is 2.12. The average Bonchev–Trinajstić information content (AvgIpc) is 2.66. The van der Waals surface area contributed by atoms with Crippen LogP contribution >= 0.6 is 0 Å². The largest absolute Gasteiger partial charge is 0.339 e. The fourth-order valence-electron chi connectivity index (χ4n) is 2.71. The van der Waals surface area contributed by atoms with Crippen molar-refractivity contribution in [1.29, 1.82) is 0 Å². The van der Waals surface area contributed by atoms with E-state index >= 15 is 0 Å². The molecule has 0 spiro atoms. The van der Waals surface area contributed by atoms with Gasteiger partial charge in [-0.15, -0.1) is 0 Å². The van der Waals surface area contributed by atoms with Gasteiger partial charge in [0.05, 0.1) is 5.69 Å². The van der Waals surface area contributed by atoms with Gasteiger partial charge in [-0.2, -0.15) is 5.10 Å². The van der Waals surface area contributed by atoms with Crippen molar-refractivity contribution < 1.29 is 4.79 Å². The molecule has 1 amide bonds. The highest BCUT2D eigenvalue weighted by atomic mass is 16.2. The number of hydrogen-bond acceptors (Lipinski definition) is 3. The molecule has 5 heteroatoms. The minimum absolute atomic E-state index is 0.163. The molecule has 0 N–H and O–H groups in total. The van der Waals surface area contributed by atoms with Gasteiger partial charge in [0.2, 0.25) is 5.91 Å². The molecule has 116 valence electrons. The Kier molecular flexibility index (Phi) is 4.83. The molecule has 1 aromatic rings. The second kappa shape index (κ2) is 6.43. The molecule has 1 saturated heterocycles. The smallest absolute Gasteiger partial charge is 0.244 e. The highest BCUT2D eigenvalue weighted by molar-refractivity contribution is 5.76. The van der Waals surface area contributed by atoms with E-state index in [4.69, 9.17) is 0 Å². The molecule has 1 aliphatic rings. The fourth-order valence-corrected chi connectivity index (χ4v) is 2.71. The van der Waals surface area contributed by atoms with Gasteiger partial charge in [0, 0.05) is 38.4 Å². The van der Waals surface area contributed by atoms with Gasteiger partial charge in [-0.05, 0) is 33.3 Å². The van der Waals surface area contributed by atoms with Crippen molar-refractivity contribution in [3.63, 3.8) is 0 Å². The van der Waals surface area contributed by atoms with Gasteiger partial charge < -0.3 is 4.90 Å². The quantitative estimate of drug-likeness (QED) is 0.790. The summed E-state index contributed by atoms with van der Waals surface area (Å²) in [5, 5.41) is 4.45. The maximum atomic E-state index is 12.4. The third-order valence-corrected chi connectivity index (χ3v) is 4.25. The summed E-state index contributed by atoms with van der Waals surface area (Å²) in [7, 11) is 0. The molecule has 0 unspecified atom stereocenters. The van der Waals surface area contributed by atoms with Crippen LogP contribution < -0.4 is 0 Å². The van der Waals surface area contributed by atoms with Gasteiger partial charge in [0.1, 0.15) is 6.54 Å². The first-order chi connectivity index (χ1) is 9.88. The van der Waals surface area contributed by atoms with Crippen LogP contribution in [0.3, 0.4) is 0 Å². The number of aryl methyl sites for hydroxylation is 1. The SMILES string of the molecule is C=C(C)CN1CCN(C(=O)Cn2nc(C)c(C)c2C)CC1. The van der Waals surface area contributed by atoms with Crippen molar-refractivity contribution in [2.24, 2.45) is 0 Å². The first kappa shape index (κ1) is 15.8. The molecule has 2 heterocycles. The first-order valence-corrected chi connectivity index (χ1v) is 7.53. The van der Waals surface area contributed by atoms with Gasteiger partial charge in [-0.25, -0.2) is 0 Å². The lowest BCUT2D eigenvalue weighted by Gasteiger charge is -2.34. The summed E-state index contributed by atoms with van der Waals surface area (Å²) in [4.78, 5) is 16.7. The van der Waals surface area contributed by atoms with Crippen LogP contribution in [0.1, 0.15) is 23.9 Å². The number of hydrogen-bond donors (Lipinski definition) is 0. The predicted molar refractivity (Wildman–Crippen MR) is 84.3 cm³/mol. The van der Waals surface area contributed by atoms with E-state index in [0.29, 0.717) is 6.54 Å². The molecule has 0 atom stereocenters. The van der Waals surface area contributed by atoms with Crippen molar-refractivity contribution in [2.75, 3.05) is 32.7 Å². The monoisotopic (exact) mass is 290 g/mol. The molecule has 1 fully saturated rings. The molecule has 0 saturated carbocycles. The van der Waals surface area contributed by atoms with Crippen molar-refractivity contribution in [1.82, 2.24) is 19.6 Å². The maximum Gasteiger partial charge on any atom is 0.244 e. The Bertz CT molecular complexity index is 539. The van der Waals surface area contributed by atoms with Crippen LogP contribution in [0.25, 0.3) is 0 Å². The second-order valence-electron chi connectivity index (χ2n) is 6.07. The van der Waals surface area contributed by atoms with E-state index in [-0.39, 0.29) is 5.91 Å². The van der Waals surface area contributed by atoms with Crippen molar-refractivity contribution in [3.05, 3.63) is 29.1 Å². The Hall–Kier alpha value is -1.62. The number of piperazine rings is 1. The van der Waals surface area contributed by atoms with E-state index in [2.05, 4.69) is 23.5 Å². The molecule has 5 nitrogen and oxygen atoms in total. The summed E-state index contributed by atoms with van der Waals surface area (Å²) < 4.78 is 1.83. The topological polar surface area (TPSA) is 41.4 Å². The standard InChI is InChI=1S/C16H26N4O/c1-12(2)10-18-6-8-19(9-7-18)16(21)11-20-15(5)13(3)14(4)17-20/h1,6-11H2,2-5H3. The van der Waals surface area contributed by atoms with Crippen molar-refractivity contribution >= 4 is 5.91 Å². The number of rotatable bonds is 4. The number of amides is 1. The summed E-state index contributed by atoms with van der Waals surface area (Å²) in [5.74, 6) is 0.163. The normalized spacial score (nSPS) is 16.3. The molecule has 1 aliphatic heterocycles. The Labute approximate surface area is 127 Å². The summed E-state index contributed by atoms with van der Waals surface area (Å²) in [6.45, 7) is 16.8. The Balaban J connectivity index is 1.90. The molecular formula is C16H26N4O. The Morgan fingerprint density at radius 3 is 2.24 bits per heavy atom. The Morgan fingerprint density at radius 2 is 1.76 bits per heavy atom. The Morgan fingerprint density at radius 1 is 1.14 bits per heavy atom. The van der Waals surface area contributed by atoms with Gasteiger partial charge in [-0.3, -0.25) is 14.4 Å². The summed E-state index contributed by atoms with van der Waals surface area (Å²) in [5.41, 5.74) is 4.44. The van der Waals surface area contributed by atoms with E-state index in [1.165, 1.54) is 11.1 Å². The summed E-state index contributed by atoms with van der Waals surface area (Å²) >= 11 is 0. The molecule has 0 aromatic carbocycles. The van der Waals surface area contributed by atoms with Crippen LogP contribution in [-0.4, -0.2) is 58.2 Å². The maximum absolute atomic E-state index is 12.4. The molecule has 21 heavy (non-hydrogen) atoms. The number of carbonyl (C=O) groups is 1. The first-order valence-electron chi connectivity index (χ1n) is 7.53. The molecular weight excluding hydrogens is 264 g/mol. The van der Waals surface area contributed by atoms with Crippen LogP contribution in [0.5, 0.6) is 0 Å². The van der Waals surface area contributed by atoms with Gasteiger partial charge >= 0.3 is 0 Å². The summed E-state index contributed by atoms with van der Waals surface area (Å²) in [6.07, 6.45) is 0. The third-order valence-electron chi connectivity index (χ3n) is 4.25. The molecule has 0 radical (unpaired) electrons.